The Kier molecular flexibility index (Phi) is 4.77. The Bertz CT molecular complexity index is 1180. The monoisotopic (exact) mass is 395 g/mol. The Morgan fingerprint density at radius 3 is 2.86 bits per heavy atom. The molecular formula is C21H21N3O3S. The molecule has 144 valence electrons. The van der Waals surface area contributed by atoms with Crippen molar-refractivity contribution in [2.24, 2.45) is 7.05 Å². The van der Waals surface area contributed by atoms with Crippen molar-refractivity contribution in [1.29, 1.82) is 0 Å². The molecule has 1 unspecified atom stereocenters. The van der Waals surface area contributed by atoms with Gasteiger partial charge >= 0.3 is 0 Å². The number of amides is 1. The van der Waals surface area contributed by atoms with Gasteiger partial charge in [-0.15, -0.1) is 0 Å². The van der Waals surface area contributed by atoms with E-state index in [1.807, 2.05) is 29.2 Å². The Morgan fingerprint density at radius 2 is 2.07 bits per heavy atom. The predicted octanol–water partition coefficient (Wildman–Crippen LogP) is 3.58. The number of nitrogens with zero attached hydrogens (tertiary/aromatic N) is 2. The second-order valence-electron chi connectivity index (χ2n) is 6.99. The van der Waals surface area contributed by atoms with Gasteiger partial charge in [0.1, 0.15) is 5.75 Å². The van der Waals surface area contributed by atoms with Gasteiger partial charge in [-0.3, -0.25) is 14.2 Å². The van der Waals surface area contributed by atoms with Crippen LogP contribution >= 0.6 is 12.2 Å². The van der Waals surface area contributed by atoms with E-state index in [1.54, 1.807) is 32.4 Å². The first-order valence-corrected chi connectivity index (χ1v) is 9.58. The number of nitrogens with one attached hydrogen (secondary N) is 1. The maximum atomic E-state index is 13.2. The van der Waals surface area contributed by atoms with Gasteiger partial charge in [0.25, 0.3) is 11.5 Å². The molecule has 6 nitrogen and oxygen atoms in total. The Morgan fingerprint density at radius 1 is 1.25 bits per heavy atom. The Hall–Kier alpha value is -2.93. The summed E-state index contributed by atoms with van der Waals surface area (Å²) in [5.74, 6) is 0.734. The highest BCUT2D eigenvalue weighted by Crippen LogP contribution is 2.34. The van der Waals surface area contributed by atoms with Crippen LogP contribution in [0.1, 0.15) is 34.8 Å². The minimum Gasteiger partial charge on any atom is -0.497 e. The van der Waals surface area contributed by atoms with Crippen molar-refractivity contribution in [3.8, 4) is 5.75 Å². The highest BCUT2D eigenvalue weighted by molar-refractivity contribution is 7.71. The Labute approximate surface area is 167 Å². The number of methoxy groups -OCH3 is 1. The summed E-state index contributed by atoms with van der Waals surface area (Å²) < 4.78 is 7.04. The molecular weight excluding hydrogens is 374 g/mol. The second-order valence-corrected chi connectivity index (χ2v) is 7.37. The average molecular weight is 395 g/mol. The molecule has 3 aromatic rings. The van der Waals surface area contributed by atoms with Crippen LogP contribution in [0.3, 0.4) is 0 Å². The van der Waals surface area contributed by atoms with Gasteiger partial charge in [-0.25, -0.2) is 0 Å². The summed E-state index contributed by atoms with van der Waals surface area (Å²) in [6, 6.07) is 13.0. The minimum atomic E-state index is -0.173. The van der Waals surface area contributed by atoms with Crippen molar-refractivity contribution in [2.75, 3.05) is 13.7 Å². The van der Waals surface area contributed by atoms with Gasteiger partial charge < -0.3 is 14.6 Å². The van der Waals surface area contributed by atoms with Crippen molar-refractivity contribution in [2.45, 2.75) is 18.9 Å². The topological polar surface area (TPSA) is 67.3 Å². The zero-order chi connectivity index (χ0) is 19.8. The fourth-order valence-electron chi connectivity index (χ4n) is 3.81. The summed E-state index contributed by atoms with van der Waals surface area (Å²) in [6.07, 6.45) is 1.86. The molecule has 2 heterocycles. The first kappa shape index (κ1) is 18.4. The number of H-pyrrole nitrogens is 1. The standard InChI is InChI=1S/C21H21N3O3S/c1-23-20(26)16-9-8-14(12-17(16)22-21(23)28)19(25)24-10-4-7-18(24)13-5-3-6-15(11-13)27-2/h3,5-6,8-9,11-12,18H,4,7,10H2,1-2H3,(H,22,28). The van der Waals surface area contributed by atoms with Crippen LogP contribution in [0.4, 0.5) is 0 Å². The van der Waals surface area contributed by atoms with Gasteiger partial charge in [0.05, 0.1) is 24.1 Å². The van der Waals surface area contributed by atoms with Gasteiger partial charge in [0.2, 0.25) is 0 Å². The van der Waals surface area contributed by atoms with E-state index in [-0.39, 0.29) is 17.5 Å². The quantitative estimate of drug-likeness (QED) is 0.689. The second kappa shape index (κ2) is 7.24. The van der Waals surface area contributed by atoms with Crippen molar-refractivity contribution < 1.29 is 9.53 Å². The number of hydrogen-bond donors (Lipinski definition) is 1. The predicted molar refractivity (Wildman–Crippen MR) is 110 cm³/mol. The highest BCUT2D eigenvalue weighted by atomic mass is 32.1. The van der Waals surface area contributed by atoms with E-state index < -0.39 is 0 Å². The molecule has 0 radical (unpaired) electrons. The minimum absolute atomic E-state index is 0.0143. The van der Waals surface area contributed by atoms with Crippen molar-refractivity contribution >= 4 is 29.0 Å². The van der Waals surface area contributed by atoms with Gasteiger partial charge in [-0.2, -0.15) is 0 Å². The zero-order valence-corrected chi connectivity index (χ0v) is 16.6. The SMILES string of the molecule is COc1cccc(C2CCCN2C(=O)c2ccc3c(=O)n(C)c(=S)[nH]c3c2)c1. The molecule has 1 aliphatic heterocycles. The number of hydrogen-bond acceptors (Lipinski definition) is 4. The van der Waals surface area contributed by atoms with Crippen molar-refractivity contribution in [1.82, 2.24) is 14.5 Å². The third kappa shape index (κ3) is 3.11. The Balaban J connectivity index is 1.71. The van der Waals surface area contributed by atoms with Crippen LogP contribution in [0.15, 0.2) is 47.3 Å². The van der Waals surface area contributed by atoms with Gasteiger partial charge in [0, 0.05) is 19.2 Å². The molecule has 2 aromatic carbocycles. The molecule has 1 fully saturated rings. The van der Waals surface area contributed by atoms with Crippen LogP contribution < -0.4 is 10.3 Å². The van der Waals surface area contributed by atoms with E-state index in [1.165, 1.54) is 4.57 Å². The van der Waals surface area contributed by atoms with Crippen LogP contribution in [-0.2, 0) is 7.05 Å². The lowest BCUT2D eigenvalue weighted by Crippen LogP contribution is -2.30. The first-order valence-electron chi connectivity index (χ1n) is 9.17. The summed E-state index contributed by atoms with van der Waals surface area (Å²) in [7, 11) is 3.27. The maximum Gasteiger partial charge on any atom is 0.261 e. The first-order chi connectivity index (χ1) is 13.5. The van der Waals surface area contributed by atoms with E-state index in [2.05, 4.69) is 4.98 Å². The third-order valence-corrected chi connectivity index (χ3v) is 5.72. The molecule has 0 bridgehead atoms. The molecule has 1 aliphatic rings. The molecule has 1 N–H and O–H groups in total. The maximum absolute atomic E-state index is 13.2. The van der Waals surface area contributed by atoms with Crippen LogP contribution in [-0.4, -0.2) is 34.0 Å². The molecule has 0 spiro atoms. The number of likely N-dealkylation sites (tertiary alicyclic amines) is 1. The number of carbonyl (C=O) groups excluding carboxylic acids is 1. The molecule has 1 aromatic heterocycles. The largest absolute Gasteiger partial charge is 0.497 e. The summed E-state index contributed by atoms with van der Waals surface area (Å²) in [6.45, 7) is 0.700. The van der Waals surface area contributed by atoms with Gasteiger partial charge in [-0.1, -0.05) is 12.1 Å². The number of aromatic amines is 1. The van der Waals surface area contributed by atoms with Crippen molar-refractivity contribution in [3.63, 3.8) is 0 Å². The summed E-state index contributed by atoms with van der Waals surface area (Å²) in [5.41, 5.74) is 2.02. The molecule has 4 rings (SSSR count). The molecule has 0 saturated carbocycles. The number of aromatic nitrogens is 2. The van der Waals surface area contributed by atoms with Crippen LogP contribution in [0.5, 0.6) is 5.75 Å². The molecule has 28 heavy (non-hydrogen) atoms. The lowest BCUT2D eigenvalue weighted by Gasteiger charge is -2.25. The zero-order valence-electron chi connectivity index (χ0n) is 15.8. The number of rotatable bonds is 3. The number of benzene rings is 2. The molecule has 1 amide bonds. The van der Waals surface area contributed by atoms with E-state index in [9.17, 15) is 9.59 Å². The lowest BCUT2D eigenvalue weighted by molar-refractivity contribution is 0.0735. The fourth-order valence-corrected chi connectivity index (χ4v) is 4.00. The van der Waals surface area contributed by atoms with E-state index in [4.69, 9.17) is 17.0 Å². The number of ether oxygens (including phenoxy) is 1. The van der Waals surface area contributed by atoms with Crippen molar-refractivity contribution in [3.05, 3.63) is 68.7 Å². The summed E-state index contributed by atoms with van der Waals surface area (Å²) in [5, 5.41) is 0.512. The average Bonchev–Trinajstić information content (AvgIpc) is 3.21. The van der Waals surface area contributed by atoms with Gasteiger partial charge in [0.15, 0.2) is 4.77 Å². The third-order valence-electron chi connectivity index (χ3n) is 5.34. The molecule has 0 aliphatic carbocycles. The highest BCUT2D eigenvalue weighted by Gasteiger charge is 2.31. The number of carbonyl (C=O) groups is 1. The van der Waals surface area contributed by atoms with Gasteiger partial charge in [-0.05, 0) is 61.0 Å². The molecule has 1 saturated heterocycles. The van der Waals surface area contributed by atoms with E-state index in [0.29, 0.717) is 27.8 Å². The van der Waals surface area contributed by atoms with E-state index >= 15 is 0 Å². The van der Waals surface area contributed by atoms with Crippen LogP contribution in [0.25, 0.3) is 10.9 Å². The smallest absolute Gasteiger partial charge is 0.261 e. The lowest BCUT2D eigenvalue weighted by atomic mass is 10.0. The van der Waals surface area contributed by atoms with Crippen LogP contribution in [0, 0.1) is 4.77 Å². The summed E-state index contributed by atoms with van der Waals surface area (Å²) in [4.78, 5) is 30.5. The summed E-state index contributed by atoms with van der Waals surface area (Å²) >= 11 is 5.19. The molecule has 1 atom stereocenters. The van der Waals surface area contributed by atoms with E-state index in [0.717, 1.165) is 24.2 Å². The normalized spacial score (nSPS) is 16.5. The van der Waals surface area contributed by atoms with Crippen LogP contribution in [0.2, 0.25) is 0 Å². The molecule has 7 heteroatoms. The number of fused-ring (bicyclic) bond motifs is 1. The fraction of sp³-hybridized carbons (Fsp3) is 0.286.